The Kier molecular flexibility index (Phi) is 3.87. The van der Waals surface area contributed by atoms with E-state index in [2.05, 4.69) is 23.1 Å². The Hall–Kier alpha value is -0.830. The normalized spacial score (nSPS) is 20.0. The maximum absolute atomic E-state index is 8.25. The fraction of sp³-hybridized carbons (Fsp3) is 0.500. The minimum atomic E-state index is 0. The van der Waals surface area contributed by atoms with Crippen molar-refractivity contribution in [2.45, 2.75) is 44.7 Å². The predicted octanol–water partition coefficient (Wildman–Crippen LogP) is 3.74. The highest BCUT2D eigenvalue weighted by molar-refractivity contribution is 8.93. The highest BCUT2D eigenvalue weighted by Gasteiger charge is 2.30. The van der Waals surface area contributed by atoms with Crippen molar-refractivity contribution in [2.24, 2.45) is 0 Å². The number of hydrogen-bond donors (Lipinski definition) is 1. The van der Waals surface area contributed by atoms with Crippen molar-refractivity contribution in [1.82, 2.24) is 4.90 Å². The number of halogens is 1. The second kappa shape index (κ2) is 5.21. The van der Waals surface area contributed by atoms with Gasteiger partial charge in [0.1, 0.15) is 5.84 Å². The number of fused-ring (bicyclic) bond motifs is 1. The summed E-state index contributed by atoms with van der Waals surface area (Å²) < 4.78 is 0. The molecule has 1 saturated carbocycles. The van der Waals surface area contributed by atoms with E-state index in [9.17, 15) is 0 Å². The molecule has 1 fully saturated rings. The van der Waals surface area contributed by atoms with Gasteiger partial charge in [-0.3, -0.25) is 5.41 Å². The number of hydrogen-bond acceptors (Lipinski definition) is 1. The molecule has 0 spiro atoms. The number of nitrogens with one attached hydrogen (secondary N) is 1. The summed E-state index contributed by atoms with van der Waals surface area (Å²) in [5.74, 6) is 0.752. The van der Waals surface area contributed by atoms with Gasteiger partial charge in [0.25, 0.3) is 0 Å². The number of nitrogens with zero attached hydrogens (tertiary/aromatic N) is 1. The fourth-order valence-electron chi connectivity index (χ4n) is 3.01. The molecule has 2 aliphatic rings. The topological polar surface area (TPSA) is 27.1 Å². The Morgan fingerprint density at radius 2 is 1.76 bits per heavy atom. The molecule has 3 heteroatoms. The van der Waals surface area contributed by atoms with Crippen LogP contribution in [0.1, 0.15) is 43.2 Å². The lowest BCUT2D eigenvalue weighted by Crippen LogP contribution is -2.36. The lowest BCUT2D eigenvalue weighted by atomic mass is 9.94. The first-order valence-electron chi connectivity index (χ1n) is 6.30. The van der Waals surface area contributed by atoms with Crippen molar-refractivity contribution >= 4 is 22.8 Å². The number of amidine groups is 1. The molecule has 0 amide bonds. The van der Waals surface area contributed by atoms with Crippen LogP contribution in [0.25, 0.3) is 0 Å². The molecule has 0 radical (unpaired) electrons. The van der Waals surface area contributed by atoms with Gasteiger partial charge in [0, 0.05) is 18.2 Å². The van der Waals surface area contributed by atoms with Crippen molar-refractivity contribution in [3.8, 4) is 0 Å². The van der Waals surface area contributed by atoms with E-state index in [1.54, 1.807) is 0 Å². The van der Waals surface area contributed by atoms with Gasteiger partial charge in [-0.1, -0.05) is 43.5 Å². The summed E-state index contributed by atoms with van der Waals surface area (Å²) in [6.07, 6.45) is 6.60. The Morgan fingerprint density at radius 3 is 2.47 bits per heavy atom. The van der Waals surface area contributed by atoms with Crippen LogP contribution in [0.4, 0.5) is 0 Å². The summed E-state index contributed by atoms with van der Waals surface area (Å²) in [6.45, 7) is 0.958. The van der Waals surface area contributed by atoms with E-state index < -0.39 is 0 Å². The van der Waals surface area contributed by atoms with Crippen molar-refractivity contribution in [3.63, 3.8) is 0 Å². The van der Waals surface area contributed by atoms with Gasteiger partial charge in [-0.2, -0.15) is 0 Å². The quantitative estimate of drug-likeness (QED) is 0.839. The average molecular weight is 295 g/mol. The molecule has 0 aromatic heterocycles. The number of rotatable bonds is 1. The third kappa shape index (κ3) is 2.25. The van der Waals surface area contributed by atoms with Gasteiger partial charge in [0.05, 0.1) is 0 Å². The average Bonchev–Trinajstić information content (AvgIpc) is 2.69. The molecule has 0 bridgehead atoms. The van der Waals surface area contributed by atoms with Gasteiger partial charge in [0.2, 0.25) is 0 Å². The van der Waals surface area contributed by atoms with Crippen LogP contribution in [0.15, 0.2) is 24.3 Å². The Balaban J connectivity index is 0.00000108. The van der Waals surface area contributed by atoms with Gasteiger partial charge in [0.15, 0.2) is 0 Å². The van der Waals surface area contributed by atoms with E-state index in [0.717, 1.165) is 17.9 Å². The molecule has 0 unspecified atom stereocenters. The molecule has 92 valence electrons. The molecular weight excluding hydrogens is 276 g/mol. The minimum Gasteiger partial charge on any atom is -0.349 e. The van der Waals surface area contributed by atoms with E-state index in [0.29, 0.717) is 6.04 Å². The zero-order valence-corrected chi connectivity index (χ0v) is 11.7. The van der Waals surface area contributed by atoms with Crippen LogP contribution in [-0.4, -0.2) is 16.8 Å². The Morgan fingerprint density at radius 1 is 1.06 bits per heavy atom. The van der Waals surface area contributed by atoms with Crippen LogP contribution in [-0.2, 0) is 6.54 Å². The molecule has 3 rings (SSSR count). The largest absolute Gasteiger partial charge is 0.349 e. The van der Waals surface area contributed by atoms with Crippen LogP contribution in [0.2, 0.25) is 0 Å². The third-order valence-electron chi connectivity index (χ3n) is 3.92. The molecule has 1 aromatic carbocycles. The van der Waals surface area contributed by atoms with Crippen molar-refractivity contribution < 1.29 is 0 Å². The van der Waals surface area contributed by atoms with E-state index in [-0.39, 0.29) is 17.0 Å². The van der Waals surface area contributed by atoms with Crippen LogP contribution < -0.4 is 0 Å². The summed E-state index contributed by atoms with van der Waals surface area (Å²) in [5.41, 5.74) is 2.48. The highest BCUT2D eigenvalue weighted by Crippen LogP contribution is 2.30. The molecule has 2 nitrogen and oxygen atoms in total. The van der Waals surface area contributed by atoms with Crippen LogP contribution in [0.3, 0.4) is 0 Å². The maximum atomic E-state index is 8.25. The third-order valence-corrected chi connectivity index (χ3v) is 3.92. The SMILES string of the molecule is Br.N=C1c2ccccc2CN1C1CCCCC1. The Labute approximate surface area is 113 Å². The van der Waals surface area contributed by atoms with Crippen LogP contribution in [0.5, 0.6) is 0 Å². The van der Waals surface area contributed by atoms with Gasteiger partial charge >= 0.3 is 0 Å². The smallest absolute Gasteiger partial charge is 0.128 e. The molecule has 1 aromatic rings. The van der Waals surface area contributed by atoms with Crippen LogP contribution in [0, 0.1) is 5.41 Å². The maximum Gasteiger partial charge on any atom is 0.128 e. The van der Waals surface area contributed by atoms with E-state index in [4.69, 9.17) is 5.41 Å². The highest BCUT2D eigenvalue weighted by atomic mass is 79.9. The fourth-order valence-corrected chi connectivity index (χ4v) is 3.01. The molecule has 1 N–H and O–H groups in total. The summed E-state index contributed by atoms with van der Waals surface area (Å²) in [7, 11) is 0. The minimum absolute atomic E-state index is 0. The summed E-state index contributed by atoms with van der Waals surface area (Å²) >= 11 is 0. The summed E-state index contributed by atoms with van der Waals surface area (Å²) in [4.78, 5) is 2.31. The lowest BCUT2D eigenvalue weighted by molar-refractivity contribution is 0.244. The van der Waals surface area contributed by atoms with E-state index in [1.807, 2.05) is 6.07 Å². The number of benzene rings is 1. The molecule has 1 aliphatic heterocycles. The van der Waals surface area contributed by atoms with Crippen LogP contribution >= 0.6 is 17.0 Å². The predicted molar refractivity (Wildman–Crippen MR) is 76.0 cm³/mol. The Bertz CT molecular complexity index is 410. The molecule has 0 saturated heterocycles. The zero-order chi connectivity index (χ0) is 11.0. The second-order valence-electron chi connectivity index (χ2n) is 4.93. The lowest BCUT2D eigenvalue weighted by Gasteiger charge is -2.32. The summed E-state index contributed by atoms with van der Waals surface area (Å²) in [5, 5.41) is 8.25. The van der Waals surface area contributed by atoms with Gasteiger partial charge in [-0.05, 0) is 18.4 Å². The van der Waals surface area contributed by atoms with Crippen molar-refractivity contribution in [1.29, 1.82) is 5.41 Å². The van der Waals surface area contributed by atoms with Gasteiger partial charge < -0.3 is 4.90 Å². The van der Waals surface area contributed by atoms with E-state index in [1.165, 1.54) is 37.7 Å². The monoisotopic (exact) mass is 294 g/mol. The first kappa shape index (κ1) is 12.6. The van der Waals surface area contributed by atoms with Crippen molar-refractivity contribution in [3.05, 3.63) is 35.4 Å². The molecular formula is C14H19BrN2. The van der Waals surface area contributed by atoms with Crippen molar-refractivity contribution in [2.75, 3.05) is 0 Å². The van der Waals surface area contributed by atoms with E-state index >= 15 is 0 Å². The second-order valence-corrected chi connectivity index (χ2v) is 4.93. The zero-order valence-electron chi connectivity index (χ0n) is 9.98. The molecule has 1 aliphatic carbocycles. The van der Waals surface area contributed by atoms with Gasteiger partial charge in [-0.25, -0.2) is 0 Å². The molecule has 0 atom stereocenters. The van der Waals surface area contributed by atoms with Gasteiger partial charge in [-0.15, -0.1) is 17.0 Å². The first-order chi connectivity index (χ1) is 7.86. The first-order valence-corrected chi connectivity index (χ1v) is 6.30. The molecule has 1 heterocycles. The summed E-state index contributed by atoms with van der Waals surface area (Å²) in [6, 6.07) is 8.98. The standard InChI is InChI=1S/C14H18N2.BrH/c15-14-13-9-5-4-6-11(13)10-16(14)12-7-2-1-3-8-12;/h4-6,9,12,15H,1-3,7-8,10H2;1H. The molecule has 17 heavy (non-hydrogen) atoms.